The molecular weight excluding hydrogens is 220 g/mol. The standard InChI is InChI=1S/C12H18N2O3/c1-9-10(13-8-12(2,3)17-4)6-5-7-11(9)14(15)16/h5-7,13H,8H2,1-4H3. The quantitative estimate of drug-likeness (QED) is 0.632. The molecule has 0 aromatic heterocycles. The third-order valence-corrected chi connectivity index (χ3v) is 2.76. The topological polar surface area (TPSA) is 64.4 Å². The van der Waals surface area contributed by atoms with Crippen LogP contribution in [-0.2, 0) is 4.74 Å². The SMILES string of the molecule is COC(C)(C)CNc1cccc([N+](=O)[O-])c1C. The lowest BCUT2D eigenvalue weighted by molar-refractivity contribution is -0.385. The largest absolute Gasteiger partial charge is 0.382 e. The number of methoxy groups -OCH3 is 1. The van der Waals surface area contributed by atoms with Crippen molar-refractivity contribution < 1.29 is 9.66 Å². The van der Waals surface area contributed by atoms with Gasteiger partial charge in [-0.15, -0.1) is 0 Å². The second-order valence-corrected chi connectivity index (χ2v) is 4.52. The maximum atomic E-state index is 10.8. The monoisotopic (exact) mass is 238 g/mol. The average molecular weight is 238 g/mol. The second kappa shape index (κ2) is 5.14. The van der Waals surface area contributed by atoms with Gasteiger partial charge in [0.15, 0.2) is 0 Å². The Hall–Kier alpha value is -1.62. The minimum absolute atomic E-state index is 0.130. The summed E-state index contributed by atoms with van der Waals surface area (Å²) < 4.78 is 5.28. The number of nitro groups is 1. The minimum Gasteiger partial charge on any atom is -0.382 e. The average Bonchev–Trinajstić information content (AvgIpc) is 2.27. The lowest BCUT2D eigenvalue weighted by atomic mass is 10.1. The van der Waals surface area contributed by atoms with Crippen LogP contribution in [0.15, 0.2) is 18.2 Å². The van der Waals surface area contributed by atoms with Gasteiger partial charge in [-0.05, 0) is 26.8 Å². The normalized spacial score (nSPS) is 11.3. The summed E-state index contributed by atoms with van der Waals surface area (Å²) in [6.45, 7) is 6.23. The zero-order valence-electron chi connectivity index (χ0n) is 10.6. The highest BCUT2D eigenvalue weighted by Gasteiger charge is 2.18. The van der Waals surface area contributed by atoms with Crippen molar-refractivity contribution in [2.45, 2.75) is 26.4 Å². The van der Waals surface area contributed by atoms with Crippen LogP contribution in [0.1, 0.15) is 19.4 Å². The van der Waals surface area contributed by atoms with Gasteiger partial charge >= 0.3 is 0 Å². The fourth-order valence-corrected chi connectivity index (χ4v) is 1.39. The smallest absolute Gasteiger partial charge is 0.274 e. The Balaban J connectivity index is 2.86. The zero-order chi connectivity index (χ0) is 13.1. The van der Waals surface area contributed by atoms with Gasteiger partial charge in [0.25, 0.3) is 5.69 Å². The van der Waals surface area contributed by atoms with Gasteiger partial charge in [-0.3, -0.25) is 10.1 Å². The predicted molar refractivity (Wildman–Crippen MR) is 67.4 cm³/mol. The highest BCUT2D eigenvalue weighted by Crippen LogP contribution is 2.25. The molecule has 0 unspecified atom stereocenters. The molecule has 1 aromatic rings. The van der Waals surface area contributed by atoms with E-state index in [4.69, 9.17) is 4.74 Å². The van der Waals surface area contributed by atoms with E-state index in [1.807, 2.05) is 19.9 Å². The molecule has 5 nitrogen and oxygen atoms in total. The number of hydrogen-bond donors (Lipinski definition) is 1. The van der Waals surface area contributed by atoms with E-state index in [2.05, 4.69) is 5.32 Å². The van der Waals surface area contributed by atoms with E-state index in [1.165, 1.54) is 6.07 Å². The van der Waals surface area contributed by atoms with Crippen molar-refractivity contribution in [2.24, 2.45) is 0 Å². The van der Waals surface area contributed by atoms with Crippen molar-refractivity contribution in [3.05, 3.63) is 33.9 Å². The molecule has 0 aliphatic heterocycles. The van der Waals surface area contributed by atoms with E-state index in [9.17, 15) is 10.1 Å². The van der Waals surface area contributed by atoms with Crippen LogP contribution in [0.5, 0.6) is 0 Å². The highest BCUT2D eigenvalue weighted by atomic mass is 16.6. The Bertz CT molecular complexity index is 416. The van der Waals surface area contributed by atoms with Gasteiger partial charge in [0.05, 0.1) is 10.5 Å². The van der Waals surface area contributed by atoms with Crippen LogP contribution < -0.4 is 5.32 Å². The van der Waals surface area contributed by atoms with Gasteiger partial charge in [-0.1, -0.05) is 6.07 Å². The molecule has 1 aromatic carbocycles. The van der Waals surface area contributed by atoms with E-state index in [-0.39, 0.29) is 16.2 Å². The summed E-state index contributed by atoms with van der Waals surface area (Å²) in [6, 6.07) is 5.00. The first-order chi connectivity index (χ1) is 7.87. The summed E-state index contributed by atoms with van der Waals surface area (Å²) in [4.78, 5) is 10.4. The minimum atomic E-state index is -0.373. The molecule has 5 heteroatoms. The third kappa shape index (κ3) is 3.42. The first kappa shape index (κ1) is 13.4. The number of ether oxygens (including phenoxy) is 1. The molecule has 94 valence electrons. The Morgan fingerprint density at radius 1 is 1.47 bits per heavy atom. The Morgan fingerprint density at radius 3 is 2.65 bits per heavy atom. The molecule has 0 fully saturated rings. The van der Waals surface area contributed by atoms with Gasteiger partial charge in [-0.25, -0.2) is 0 Å². The number of anilines is 1. The molecular formula is C12H18N2O3. The van der Waals surface area contributed by atoms with Gasteiger partial charge in [0, 0.05) is 31.0 Å². The molecule has 0 amide bonds. The Labute approximate surface area is 101 Å². The lowest BCUT2D eigenvalue weighted by Gasteiger charge is -2.24. The van der Waals surface area contributed by atoms with Crippen LogP contribution >= 0.6 is 0 Å². The van der Waals surface area contributed by atoms with Crippen molar-refractivity contribution in [2.75, 3.05) is 19.0 Å². The zero-order valence-corrected chi connectivity index (χ0v) is 10.6. The fourth-order valence-electron chi connectivity index (χ4n) is 1.39. The Kier molecular flexibility index (Phi) is 4.07. The van der Waals surface area contributed by atoms with E-state index < -0.39 is 0 Å². The molecule has 0 aliphatic carbocycles. The summed E-state index contributed by atoms with van der Waals surface area (Å²) in [5, 5.41) is 14.0. The van der Waals surface area contributed by atoms with Gasteiger partial charge in [-0.2, -0.15) is 0 Å². The van der Waals surface area contributed by atoms with E-state index in [1.54, 1.807) is 20.1 Å². The highest BCUT2D eigenvalue weighted by molar-refractivity contribution is 5.59. The van der Waals surface area contributed by atoms with Crippen LogP contribution in [0.2, 0.25) is 0 Å². The van der Waals surface area contributed by atoms with Crippen molar-refractivity contribution >= 4 is 11.4 Å². The number of hydrogen-bond acceptors (Lipinski definition) is 4. The fraction of sp³-hybridized carbons (Fsp3) is 0.500. The van der Waals surface area contributed by atoms with Crippen molar-refractivity contribution in [3.8, 4) is 0 Å². The first-order valence-corrected chi connectivity index (χ1v) is 5.40. The number of nitrogens with zero attached hydrogens (tertiary/aromatic N) is 1. The van der Waals surface area contributed by atoms with Crippen LogP contribution in [0.4, 0.5) is 11.4 Å². The molecule has 0 bridgehead atoms. The molecule has 1 rings (SSSR count). The van der Waals surface area contributed by atoms with Crippen LogP contribution in [0.25, 0.3) is 0 Å². The van der Waals surface area contributed by atoms with Gasteiger partial charge in [0.2, 0.25) is 0 Å². The van der Waals surface area contributed by atoms with Gasteiger partial charge in [0.1, 0.15) is 0 Å². The number of benzene rings is 1. The third-order valence-electron chi connectivity index (χ3n) is 2.76. The molecule has 0 atom stereocenters. The summed E-state index contributed by atoms with van der Waals surface area (Å²) in [7, 11) is 1.64. The lowest BCUT2D eigenvalue weighted by Crippen LogP contribution is -2.32. The first-order valence-electron chi connectivity index (χ1n) is 5.40. The van der Waals surface area contributed by atoms with Crippen molar-refractivity contribution in [1.82, 2.24) is 0 Å². The summed E-state index contributed by atoms with van der Waals surface area (Å²) in [6.07, 6.45) is 0. The molecule has 0 saturated heterocycles. The molecule has 0 heterocycles. The maximum Gasteiger partial charge on any atom is 0.274 e. The summed E-state index contributed by atoms with van der Waals surface area (Å²) in [5.41, 5.74) is 1.23. The molecule has 0 aliphatic rings. The molecule has 17 heavy (non-hydrogen) atoms. The number of nitrogens with one attached hydrogen (secondary N) is 1. The van der Waals surface area contributed by atoms with Crippen molar-refractivity contribution in [1.29, 1.82) is 0 Å². The van der Waals surface area contributed by atoms with Gasteiger partial charge < -0.3 is 10.1 Å². The molecule has 0 radical (unpaired) electrons. The van der Waals surface area contributed by atoms with Crippen LogP contribution in [-0.4, -0.2) is 24.2 Å². The maximum absolute atomic E-state index is 10.8. The Morgan fingerprint density at radius 2 is 2.12 bits per heavy atom. The second-order valence-electron chi connectivity index (χ2n) is 4.52. The van der Waals surface area contributed by atoms with Crippen LogP contribution in [0, 0.1) is 17.0 Å². The predicted octanol–water partition coefficient (Wildman–Crippen LogP) is 2.74. The molecule has 0 spiro atoms. The van der Waals surface area contributed by atoms with E-state index >= 15 is 0 Å². The molecule has 1 N–H and O–H groups in total. The van der Waals surface area contributed by atoms with Crippen LogP contribution in [0.3, 0.4) is 0 Å². The van der Waals surface area contributed by atoms with E-state index in [0.29, 0.717) is 12.1 Å². The summed E-state index contributed by atoms with van der Waals surface area (Å²) >= 11 is 0. The number of rotatable bonds is 5. The summed E-state index contributed by atoms with van der Waals surface area (Å²) in [5.74, 6) is 0. The molecule has 0 saturated carbocycles. The van der Waals surface area contributed by atoms with Crippen molar-refractivity contribution in [3.63, 3.8) is 0 Å². The van der Waals surface area contributed by atoms with E-state index in [0.717, 1.165) is 5.69 Å². The number of nitro benzene ring substituents is 1.